The van der Waals surface area contributed by atoms with Crippen molar-refractivity contribution in [2.24, 2.45) is 0 Å². The average Bonchev–Trinajstić information content (AvgIpc) is 3.05. The maximum atomic E-state index is 12.2. The van der Waals surface area contributed by atoms with Crippen LogP contribution >= 0.6 is 0 Å². The number of hydrogen-bond acceptors (Lipinski definition) is 3. The fourth-order valence-electron chi connectivity index (χ4n) is 4.18. The molecule has 0 heterocycles. The van der Waals surface area contributed by atoms with Crippen molar-refractivity contribution in [2.75, 3.05) is 7.11 Å². The van der Waals surface area contributed by atoms with Gasteiger partial charge in [0.2, 0.25) is 0 Å². The van der Waals surface area contributed by atoms with Gasteiger partial charge in [-0.15, -0.1) is 0 Å². The maximum absolute atomic E-state index is 12.2. The molecule has 4 nitrogen and oxygen atoms in total. The third kappa shape index (κ3) is 3.28. The Morgan fingerprint density at radius 3 is 1.93 bits per heavy atom. The second-order valence-corrected chi connectivity index (χ2v) is 10.7. The Morgan fingerprint density at radius 2 is 1.41 bits per heavy atom. The molecule has 1 N–H and O–H groups in total. The zero-order chi connectivity index (χ0) is 20.4. The molecule has 2 atom stereocenters. The molecule has 0 aromatic heterocycles. The van der Waals surface area contributed by atoms with Crippen LogP contribution in [0.5, 0.6) is 0 Å². The molecule has 0 aliphatic heterocycles. The molecule has 0 saturated carbocycles. The molecule has 29 heavy (non-hydrogen) atoms. The number of benzene rings is 3. The van der Waals surface area contributed by atoms with Crippen LogP contribution < -0.4 is 0 Å². The van der Waals surface area contributed by atoms with Gasteiger partial charge in [-0.25, -0.2) is 0 Å². The number of aliphatic carboxylic acids is 1. The summed E-state index contributed by atoms with van der Waals surface area (Å²) in [6.07, 6.45) is -0.106. The Kier molecular flexibility index (Phi) is 5.29. The van der Waals surface area contributed by atoms with E-state index in [1.807, 2.05) is 42.5 Å². The van der Waals surface area contributed by atoms with Gasteiger partial charge in [-0.05, 0) is 0 Å². The zero-order valence-electron chi connectivity index (χ0n) is 16.0. The molecule has 0 radical (unpaired) electrons. The third-order valence-corrected chi connectivity index (χ3v) is 9.77. The van der Waals surface area contributed by atoms with Gasteiger partial charge in [-0.3, -0.25) is 0 Å². The number of carboxylic acid groups (broad SMARTS) is 1. The minimum atomic E-state index is -1.25. The van der Waals surface area contributed by atoms with Gasteiger partial charge in [0.25, 0.3) is 0 Å². The molecule has 1 aliphatic carbocycles. The molecule has 3 aromatic rings. The van der Waals surface area contributed by atoms with Crippen LogP contribution in [0.2, 0.25) is 4.71 Å². The number of esters is 1. The van der Waals surface area contributed by atoms with Crippen molar-refractivity contribution in [2.45, 2.75) is 15.3 Å². The van der Waals surface area contributed by atoms with Crippen LogP contribution in [0, 0.1) is 0 Å². The number of fused-ring (bicyclic) bond motifs is 3. The van der Waals surface area contributed by atoms with E-state index in [0.717, 1.165) is 27.8 Å². The number of carboxylic acids is 1. The summed E-state index contributed by atoms with van der Waals surface area (Å²) in [6.45, 7) is 0. The fraction of sp³-hybridized carbons (Fsp3) is 0.167. The van der Waals surface area contributed by atoms with Crippen LogP contribution in [0.15, 0.2) is 78.9 Å². The van der Waals surface area contributed by atoms with E-state index in [2.05, 4.69) is 36.4 Å². The minimum absolute atomic E-state index is 0.106. The Labute approximate surface area is 176 Å². The summed E-state index contributed by atoms with van der Waals surface area (Å²) in [5.74, 6) is -1.42. The van der Waals surface area contributed by atoms with Crippen molar-refractivity contribution >= 4 is 27.7 Å². The van der Waals surface area contributed by atoms with Crippen molar-refractivity contribution in [1.29, 1.82) is 0 Å². The first-order chi connectivity index (χ1) is 14.1. The summed E-state index contributed by atoms with van der Waals surface area (Å²) in [5.41, 5.74) is 5.61. The number of methoxy groups -OCH3 is 1. The monoisotopic (exact) mass is 448 g/mol. The van der Waals surface area contributed by atoms with Crippen molar-refractivity contribution in [3.8, 4) is 11.1 Å². The van der Waals surface area contributed by atoms with Gasteiger partial charge in [0.05, 0.1) is 0 Å². The van der Waals surface area contributed by atoms with Crippen LogP contribution in [0.25, 0.3) is 11.1 Å². The van der Waals surface area contributed by atoms with Crippen molar-refractivity contribution in [3.05, 3.63) is 95.6 Å². The Morgan fingerprint density at radius 1 is 0.897 bits per heavy atom. The molecule has 0 bridgehead atoms. The summed E-state index contributed by atoms with van der Waals surface area (Å²) in [7, 11) is 1.30. The van der Waals surface area contributed by atoms with Crippen LogP contribution in [-0.2, 0) is 18.5 Å². The van der Waals surface area contributed by atoms with E-state index >= 15 is 0 Å². The molecule has 146 valence electrons. The first-order valence-electron chi connectivity index (χ1n) is 9.40. The van der Waals surface area contributed by atoms with Gasteiger partial charge >= 0.3 is 176 Å². The van der Waals surface area contributed by atoms with E-state index in [4.69, 9.17) is 4.74 Å². The summed E-state index contributed by atoms with van der Waals surface area (Å²) in [4.78, 5) is 24.1. The SMILES string of the molecule is COC(=O)CC([AsH]C1(c2ccccc2)c2ccccc2-c2ccccc21)C(=O)O. The normalized spacial score (nSPS) is 14.9. The molecule has 0 spiro atoms. The Hall–Kier alpha value is -2.84. The third-order valence-electron chi connectivity index (χ3n) is 5.45. The van der Waals surface area contributed by atoms with Crippen LogP contribution in [-0.4, -0.2) is 39.9 Å². The van der Waals surface area contributed by atoms with Gasteiger partial charge in [0, 0.05) is 0 Å². The molecule has 0 fully saturated rings. The second-order valence-electron chi connectivity index (χ2n) is 7.02. The van der Waals surface area contributed by atoms with E-state index in [0.29, 0.717) is 0 Å². The van der Waals surface area contributed by atoms with E-state index in [9.17, 15) is 14.7 Å². The molecular formula is C24H21AsO4. The zero-order valence-corrected chi connectivity index (χ0v) is 18.1. The van der Waals surface area contributed by atoms with E-state index < -0.39 is 36.6 Å². The molecule has 0 amide bonds. The predicted octanol–water partition coefficient (Wildman–Crippen LogP) is 3.83. The second kappa shape index (κ2) is 7.88. The Bertz CT molecular complexity index is 1020. The van der Waals surface area contributed by atoms with Crippen LogP contribution in [0.1, 0.15) is 23.1 Å². The van der Waals surface area contributed by atoms with Gasteiger partial charge in [-0.2, -0.15) is 0 Å². The van der Waals surface area contributed by atoms with Gasteiger partial charge in [0.1, 0.15) is 0 Å². The summed E-state index contributed by atoms with van der Waals surface area (Å²) >= 11 is -1.25. The molecule has 1 aliphatic rings. The molecule has 0 saturated heterocycles. The van der Waals surface area contributed by atoms with Crippen molar-refractivity contribution in [3.63, 3.8) is 0 Å². The summed E-state index contributed by atoms with van der Waals surface area (Å²) < 4.78 is 3.52. The number of carbonyl (C=O) groups excluding carboxylic acids is 1. The predicted molar refractivity (Wildman–Crippen MR) is 113 cm³/mol. The summed E-state index contributed by atoms with van der Waals surface area (Å²) in [5, 5.41) is 9.96. The van der Waals surface area contributed by atoms with Gasteiger partial charge in [-0.1, -0.05) is 0 Å². The first kappa shape index (κ1) is 19.5. The molecule has 3 aromatic carbocycles. The Balaban J connectivity index is 1.96. The van der Waals surface area contributed by atoms with Crippen LogP contribution in [0.4, 0.5) is 0 Å². The number of carbonyl (C=O) groups is 2. The number of ether oxygens (including phenoxy) is 1. The number of hydrogen-bond donors (Lipinski definition) is 1. The standard InChI is InChI=1S/C24H21AsO4/c1-29-22(26)15-21(23(27)28)25-24(16-9-3-2-4-10-16)19-13-7-5-11-17(19)18-12-6-8-14-20(18)24/h2-14,21,25H,15H2,1H3,(H,27,28). The molecular weight excluding hydrogens is 427 g/mol. The van der Waals surface area contributed by atoms with E-state index in [1.54, 1.807) is 0 Å². The van der Waals surface area contributed by atoms with E-state index in [-0.39, 0.29) is 6.42 Å². The quantitative estimate of drug-likeness (QED) is 0.460. The average molecular weight is 448 g/mol. The van der Waals surface area contributed by atoms with Crippen molar-refractivity contribution in [1.82, 2.24) is 0 Å². The molecule has 4 rings (SSSR count). The molecule has 2 unspecified atom stereocenters. The van der Waals surface area contributed by atoms with Gasteiger partial charge in [0.15, 0.2) is 0 Å². The van der Waals surface area contributed by atoms with Crippen LogP contribution in [0.3, 0.4) is 0 Å². The topological polar surface area (TPSA) is 63.6 Å². The first-order valence-corrected chi connectivity index (χ1v) is 11.7. The molecule has 5 heteroatoms. The summed E-state index contributed by atoms with van der Waals surface area (Å²) in [6, 6.07) is 26.5. The van der Waals surface area contributed by atoms with Gasteiger partial charge < -0.3 is 0 Å². The van der Waals surface area contributed by atoms with Crippen molar-refractivity contribution < 1.29 is 19.4 Å². The number of rotatable bonds is 6. The van der Waals surface area contributed by atoms with E-state index in [1.165, 1.54) is 7.11 Å². The fourth-order valence-corrected chi connectivity index (χ4v) is 8.37.